The van der Waals surface area contributed by atoms with Gasteiger partial charge in [0.15, 0.2) is 5.78 Å². The van der Waals surface area contributed by atoms with E-state index in [-0.39, 0.29) is 5.78 Å². The highest BCUT2D eigenvalue weighted by Gasteiger charge is 2.17. The molecule has 2 rings (SSSR count). The van der Waals surface area contributed by atoms with E-state index in [1.807, 2.05) is 18.2 Å². The van der Waals surface area contributed by atoms with E-state index < -0.39 is 0 Å². The van der Waals surface area contributed by atoms with E-state index in [0.29, 0.717) is 0 Å². The molecule has 14 heavy (non-hydrogen) atoms. The zero-order valence-electron chi connectivity index (χ0n) is 8.62. The molecule has 0 radical (unpaired) electrons. The average molecular weight is 188 g/mol. The fraction of sp³-hybridized carbons (Fsp3) is 0.462. The standard InChI is InChI=1S/C13H16O/c1-10(14)13-7-3-6-12(9-13)8-11-4-2-5-11/h3,6-7,9,11H,2,4-5,8H2,1H3. The molecule has 0 unspecified atom stereocenters. The van der Waals surface area contributed by atoms with E-state index in [1.54, 1.807) is 6.92 Å². The monoisotopic (exact) mass is 188 g/mol. The Labute approximate surface area is 85.1 Å². The summed E-state index contributed by atoms with van der Waals surface area (Å²) in [5.41, 5.74) is 2.17. The molecule has 0 saturated heterocycles. The maximum atomic E-state index is 11.2. The zero-order chi connectivity index (χ0) is 9.97. The molecule has 0 spiro atoms. The van der Waals surface area contributed by atoms with Gasteiger partial charge < -0.3 is 0 Å². The van der Waals surface area contributed by atoms with E-state index in [1.165, 1.54) is 24.8 Å². The lowest BCUT2D eigenvalue weighted by atomic mass is 9.81. The third kappa shape index (κ3) is 2.03. The van der Waals surface area contributed by atoms with Gasteiger partial charge in [-0.2, -0.15) is 0 Å². The van der Waals surface area contributed by atoms with Gasteiger partial charge in [-0.05, 0) is 30.9 Å². The van der Waals surface area contributed by atoms with Crippen molar-refractivity contribution in [2.24, 2.45) is 5.92 Å². The van der Waals surface area contributed by atoms with Crippen LogP contribution in [0.4, 0.5) is 0 Å². The minimum Gasteiger partial charge on any atom is -0.295 e. The van der Waals surface area contributed by atoms with Crippen LogP contribution in [0, 0.1) is 5.92 Å². The molecule has 1 fully saturated rings. The molecule has 1 nitrogen and oxygen atoms in total. The van der Waals surface area contributed by atoms with Gasteiger partial charge in [-0.25, -0.2) is 0 Å². The zero-order valence-corrected chi connectivity index (χ0v) is 8.62. The molecular formula is C13H16O. The molecule has 1 aromatic rings. The van der Waals surface area contributed by atoms with Crippen LogP contribution in [0.5, 0.6) is 0 Å². The van der Waals surface area contributed by atoms with Crippen molar-refractivity contribution in [3.8, 4) is 0 Å². The minimum atomic E-state index is 0.167. The van der Waals surface area contributed by atoms with Gasteiger partial charge in [-0.3, -0.25) is 4.79 Å². The molecule has 0 bridgehead atoms. The number of benzene rings is 1. The fourth-order valence-electron chi connectivity index (χ4n) is 1.95. The molecule has 0 heterocycles. The summed E-state index contributed by atoms with van der Waals surface area (Å²) in [7, 11) is 0. The van der Waals surface area contributed by atoms with Crippen molar-refractivity contribution in [2.45, 2.75) is 32.6 Å². The first-order valence-corrected chi connectivity index (χ1v) is 5.35. The number of hydrogen-bond donors (Lipinski definition) is 0. The van der Waals surface area contributed by atoms with Gasteiger partial charge in [-0.15, -0.1) is 0 Å². The highest BCUT2D eigenvalue weighted by Crippen LogP contribution is 2.29. The van der Waals surface area contributed by atoms with Gasteiger partial charge in [0.05, 0.1) is 0 Å². The smallest absolute Gasteiger partial charge is 0.159 e. The number of carbonyl (C=O) groups excluding carboxylic acids is 1. The van der Waals surface area contributed by atoms with Crippen LogP contribution in [0.2, 0.25) is 0 Å². The Morgan fingerprint density at radius 2 is 2.21 bits per heavy atom. The number of carbonyl (C=O) groups is 1. The van der Waals surface area contributed by atoms with Crippen molar-refractivity contribution in [1.82, 2.24) is 0 Å². The number of rotatable bonds is 3. The van der Waals surface area contributed by atoms with E-state index in [4.69, 9.17) is 0 Å². The summed E-state index contributed by atoms with van der Waals surface area (Å²) in [5, 5.41) is 0. The van der Waals surface area contributed by atoms with E-state index in [0.717, 1.165) is 17.9 Å². The highest BCUT2D eigenvalue weighted by molar-refractivity contribution is 5.94. The van der Waals surface area contributed by atoms with Crippen molar-refractivity contribution < 1.29 is 4.79 Å². The summed E-state index contributed by atoms with van der Waals surface area (Å²) in [4.78, 5) is 11.2. The first-order chi connectivity index (χ1) is 6.75. The van der Waals surface area contributed by atoms with Crippen LogP contribution in [0.1, 0.15) is 42.1 Å². The molecule has 1 saturated carbocycles. The van der Waals surface area contributed by atoms with Gasteiger partial charge >= 0.3 is 0 Å². The second-order valence-corrected chi connectivity index (χ2v) is 4.26. The molecule has 1 aromatic carbocycles. The predicted octanol–water partition coefficient (Wildman–Crippen LogP) is 3.23. The van der Waals surface area contributed by atoms with Crippen molar-refractivity contribution in [1.29, 1.82) is 0 Å². The molecule has 74 valence electrons. The number of Topliss-reactive ketones (excluding diaryl/α,β-unsaturated/α-hetero) is 1. The first kappa shape index (κ1) is 9.45. The topological polar surface area (TPSA) is 17.1 Å². The Hall–Kier alpha value is -1.11. The minimum absolute atomic E-state index is 0.167. The summed E-state index contributed by atoms with van der Waals surface area (Å²) in [6, 6.07) is 8.06. The maximum Gasteiger partial charge on any atom is 0.159 e. The quantitative estimate of drug-likeness (QED) is 0.665. The Balaban J connectivity index is 2.09. The Morgan fingerprint density at radius 1 is 1.43 bits per heavy atom. The lowest BCUT2D eigenvalue weighted by Crippen LogP contribution is -2.13. The molecule has 0 amide bonds. The van der Waals surface area contributed by atoms with Crippen LogP contribution in [-0.4, -0.2) is 5.78 Å². The van der Waals surface area contributed by atoms with Gasteiger partial charge in [0.1, 0.15) is 0 Å². The van der Waals surface area contributed by atoms with Crippen LogP contribution in [0.15, 0.2) is 24.3 Å². The van der Waals surface area contributed by atoms with Crippen molar-refractivity contribution in [2.75, 3.05) is 0 Å². The van der Waals surface area contributed by atoms with Crippen LogP contribution < -0.4 is 0 Å². The summed E-state index contributed by atoms with van der Waals surface area (Å²) in [5.74, 6) is 1.04. The lowest BCUT2D eigenvalue weighted by Gasteiger charge is -2.25. The lowest BCUT2D eigenvalue weighted by molar-refractivity contribution is 0.101. The van der Waals surface area contributed by atoms with Crippen molar-refractivity contribution in [3.05, 3.63) is 35.4 Å². The number of hydrogen-bond acceptors (Lipinski definition) is 1. The Kier molecular flexibility index (Phi) is 2.67. The van der Waals surface area contributed by atoms with Crippen LogP contribution in [-0.2, 0) is 6.42 Å². The number of ketones is 1. The molecule has 1 heteroatoms. The van der Waals surface area contributed by atoms with Gasteiger partial charge in [0, 0.05) is 5.56 Å². The molecule has 1 aliphatic carbocycles. The van der Waals surface area contributed by atoms with Gasteiger partial charge in [0.25, 0.3) is 0 Å². The Morgan fingerprint density at radius 3 is 2.79 bits per heavy atom. The third-order valence-corrected chi connectivity index (χ3v) is 3.08. The maximum absolute atomic E-state index is 11.2. The summed E-state index contributed by atoms with van der Waals surface area (Å²) < 4.78 is 0. The van der Waals surface area contributed by atoms with Gasteiger partial charge in [0.2, 0.25) is 0 Å². The molecular weight excluding hydrogens is 172 g/mol. The highest BCUT2D eigenvalue weighted by atomic mass is 16.1. The second kappa shape index (κ2) is 3.95. The van der Waals surface area contributed by atoms with Crippen molar-refractivity contribution in [3.63, 3.8) is 0 Å². The molecule has 0 aromatic heterocycles. The third-order valence-electron chi connectivity index (χ3n) is 3.08. The average Bonchev–Trinajstić information content (AvgIpc) is 2.12. The second-order valence-electron chi connectivity index (χ2n) is 4.26. The van der Waals surface area contributed by atoms with Crippen LogP contribution in [0.25, 0.3) is 0 Å². The summed E-state index contributed by atoms with van der Waals surface area (Å²) in [6.07, 6.45) is 5.27. The molecule has 0 aliphatic heterocycles. The summed E-state index contributed by atoms with van der Waals surface area (Å²) >= 11 is 0. The molecule has 0 N–H and O–H groups in total. The van der Waals surface area contributed by atoms with Crippen LogP contribution in [0.3, 0.4) is 0 Å². The van der Waals surface area contributed by atoms with Gasteiger partial charge in [-0.1, -0.05) is 37.5 Å². The van der Waals surface area contributed by atoms with E-state index in [2.05, 4.69) is 6.07 Å². The molecule has 0 atom stereocenters. The first-order valence-electron chi connectivity index (χ1n) is 5.35. The SMILES string of the molecule is CC(=O)c1cccc(CC2CCC2)c1. The van der Waals surface area contributed by atoms with Crippen LogP contribution >= 0.6 is 0 Å². The fourth-order valence-corrected chi connectivity index (χ4v) is 1.95. The summed E-state index contributed by atoms with van der Waals surface area (Å²) in [6.45, 7) is 1.63. The Bertz CT molecular complexity index is 337. The van der Waals surface area contributed by atoms with E-state index in [9.17, 15) is 4.79 Å². The van der Waals surface area contributed by atoms with E-state index >= 15 is 0 Å². The van der Waals surface area contributed by atoms with Crippen molar-refractivity contribution >= 4 is 5.78 Å². The predicted molar refractivity (Wildman–Crippen MR) is 57.5 cm³/mol. The largest absolute Gasteiger partial charge is 0.295 e. The molecule has 1 aliphatic rings. The normalized spacial score (nSPS) is 16.4.